The second-order valence-electron chi connectivity index (χ2n) is 5.62. The van der Waals surface area contributed by atoms with Crippen molar-refractivity contribution in [2.75, 3.05) is 24.7 Å². The number of nitrogens with two attached hydrogens (primary N) is 1. The predicted octanol–water partition coefficient (Wildman–Crippen LogP) is 2.40. The van der Waals surface area contributed by atoms with Crippen LogP contribution in [0.25, 0.3) is 5.65 Å². The first-order valence-corrected chi connectivity index (χ1v) is 8.21. The highest BCUT2D eigenvalue weighted by molar-refractivity contribution is 6.09. The lowest BCUT2D eigenvalue weighted by Crippen LogP contribution is -2.13. The van der Waals surface area contributed by atoms with Gasteiger partial charge in [-0.1, -0.05) is 6.92 Å². The van der Waals surface area contributed by atoms with Crippen LogP contribution in [-0.4, -0.2) is 40.4 Å². The summed E-state index contributed by atoms with van der Waals surface area (Å²) in [5.74, 6) is 0.131. The molecule has 1 amide bonds. The fourth-order valence-corrected chi connectivity index (χ4v) is 2.46. The van der Waals surface area contributed by atoms with Crippen LogP contribution in [0.5, 0.6) is 5.75 Å². The number of anilines is 2. The number of nitrogens with one attached hydrogen (secondary N) is 1. The number of aromatic nitrogens is 3. The molecule has 2 heterocycles. The average Bonchev–Trinajstić information content (AvgIpc) is 3.08. The minimum atomic E-state index is -0.335. The van der Waals surface area contributed by atoms with E-state index in [2.05, 4.69) is 20.4 Å². The van der Waals surface area contributed by atoms with Gasteiger partial charge in [-0.15, -0.1) is 0 Å². The molecule has 8 heteroatoms. The molecule has 0 fully saturated rings. The number of ether oxygens (including phenoxy) is 1. The Morgan fingerprint density at radius 1 is 1.46 bits per heavy atom. The summed E-state index contributed by atoms with van der Waals surface area (Å²) in [6, 6.07) is 5.15. The largest absolute Gasteiger partial charge is 0.494 e. The van der Waals surface area contributed by atoms with E-state index in [0.717, 1.165) is 6.42 Å². The first kappa shape index (κ1) is 17.4. The number of carbonyl (C=O) groups is 1. The molecule has 0 bridgehead atoms. The number of aliphatic imine (C=N–C) groups is 1. The SMILES string of the molecule is CCCN=Cc1cc(NC(=O)c2cnn3cccnc23)c(OC)cc1N. The third kappa shape index (κ3) is 3.49. The number of nitrogen functional groups attached to an aromatic ring is 1. The van der Waals surface area contributed by atoms with Gasteiger partial charge in [-0.05, 0) is 18.6 Å². The molecular formula is C18H20N6O2. The summed E-state index contributed by atoms with van der Waals surface area (Å²) in [6.07, 6.45) is 7.46. The van der Waals surface area contributed by atoms with E-state index in [9.17, 15) is 4.79 Å². The lowest BCUT2D eigenvalue weighted by Gasteiger charge is -2.12. The van der Waals surface area contributed by atoms with Gasteiger partial charge in [-0.2, -0.15) is 5.10 Å². The van der Waals surface area contributed by atoms with Crippen LogP contribution in [0.2, 0.25) is 0 Å². The highest BCUT2D eigenvalue weighted by Crippen LogP contribution is 2.30. The molecule has 134 valence electrons. The molecule has 0 aliphatic rings. The number of hydrogen-bond acceptors (Lipinski definition) is 6. The molecular weight excluding hydrogens is 332 g/mol. The molecule has 8 nitrogen and oxygen atoms in total. The van der Waals surface area contributed by atoms with Gasteiger partial charge in [0.2, 0.25) is 0 Å². The lowest BCUT2D eigenvalue weighted by molar-refractivity contribution is 0.102. The van der Waals surface area contributed by atoms with E-state index in [1.165, 1.54) is 17.8 Å². The molecule has 0 aliphatic heterocycles. The van der Waals surface area contributed by atoms with Crippen molar-refractivity contribution >= 4 is 29.1 Å². The van der Waals surface area contributed by atoms with Crippen molar-refractivity contribution < 1.29 is 9.53 Å². The minimum absolute atomic E-state index is 0.335. The average molecular weight is 352 g/mol. The van der Waals surface area contributed by atoms with Crippen molar-refractivity contribution in [2.24, 2.45) is 4.99 Å². The molecule has 0 atom stereocenters. The quantitative estimate of drug-likeness (QED) is 0.523. The third-order valence-electron chi connectivity index (χ3n) is 3.76. The van der Waals surface area contributed by atoms with Crippen molar-refractivity contribution in [2.45, 2.75) is 13.3 Å². The Kier molecular flexibility index (Phi) is 5.12. The molecule has 3 N–H and O–H groups in total. The molecule has 3 rings (SSSR count). The Morgan fingerprint density at radius 3 is 3.08 bits per heavy atom. The summed E-state index contributed by atoms with van der Waals surface area (Å²) >= 11 is 0. The smallest absolute Gasteiger partial charge is 0.261 e. The van der Waals surface area contributed by atoms with E-state index in [-0.39, 0.29) is 5.91 Å². The number of hydrogen-bond donors (Lipinski definition) is 2. The van der Waals surface area contributed by atoms with Crippen LogP contribution in [0.1, 0.15) is 29.3 Å². The highest BCUT2D eigenvalue weighted by Gasteiger charge is 2.16. The predicted molar refractivity (Wildman–Crippen MR) is 101 cm³/mol. The topological polar surface area (TPSA) is 107 Å². The Bertz CT molecular complexity index is 963. The Hall–Kier alpha value is -3.42. The zero-order valence-corrected chi connectivity index (χ0v) is 14.6. The monoisotopic (exact) mass is 352 g/mol. The van der Waals surface area contributed by atoms with E-state index in [0.29, 0.717) is 40.4 Å². The van der Waals surface area contributed by atoms with Gasteiger partial charge in [0.15, 0.2) is 5.65 Å². The zero-order valence-electron chi connectivity index (χ0n) is 14.6. The summed E-state index contributed by atoms with van der Waals surface area (Å²) in [5.41, 5.74) is 8.62. The van der Waals surface area contributed by atoms with Gasteiger partial charge in [-0.3, -0.25) is 9.79 Å². The number of rotatable bonds is 6. The van der Waals surface area contributed by atoms with Crippen molar-refractivity contribution in [1.29, 1.82) is 0 Å². The Balaban J connectivity index is 1.92. The summed E-state index contributed by atoms with van der Waals surface area (Å²) in [6.45, 7) is 2.76. The number of nitrogens with zero attached hydrogens (tertiary/aromatic N) is 4. The van der Waals surface area contributed by atoms with Crippen LogP contribution >= 0.6 is 0 Å². The molecule has 0 aliphatic carbocycles. The zero-order chi connectivity index (χ0) is 18.5. The van der Waals surface area contributed by atoms with E-state index in [1.54, 1.807) is 36.8 Å². The molecule has 1 aromatic carbocycles. The molecule has 26 heavy (non-hydrogen) atoms. The summed E-state index contributed by atoms with van der Waals surface area (Å²) in [4.78, 5) is 21.2. The number of fused-ring (bicyclic) bond motifs is 1. The van der Waals surface area contributed by atoms with E-state index >= 15 is 0 Å². The molecule has 3 aromatic rings. The number of carbonyl (C=O) groups excluding carboxylic acids is 1. The fraction of sp³-hybridized carbons (Fsp3) is 0.222. The van der Waals surface area contributed by atoms with E-state index < -0.39 is 0 Å². The molecule has 0 saturated heterocycles. The number of methoxy groups -OCH3 is 1. The maximum absolute atomic E-state index is 12.7. The molecule has 0 radical (unpaired) electrons. The maximum atomic E-state index is 12.7. The maximum Gasteiger partial charge on any atom is 0.261 e. The van der Waals surface area contributed by atoms with Gasteiger partial charge in [0.25, 0.3) is 5.91 Å². The number of benzene rings is 1. The normalized spacial score (nSPS) is 11.2. The van der Waals surface area contributed by atoms with Gasteiger partial charge >= 0.3 is 0 Å². The second-order valence-corrected chi connectivity index (χ2v) is 5.62. The van der Waals surface area contributed by atoms with E-state index in [1.807, 2.05) is 6.92 Å². The van der Waals surface area contributed by atoms with Crippen LogP contribution in [0.3, 0.4) is 0 Å². The van der Waals surface area contributed by atoms with Crippen molar-refractivity contribution in [3.05, 3.63) is 47.9 Å². The van der Waals surface area contributed by atoms with Gasteiger partial charge in [0.05, 0.1) is 19.0 Å². The van der Waals surface area contributed by atoms with Crippen LogP contribution in [0.4, 0.5) is 11.4 Å². The summed E-state index contributed by atoms with van der Waals surface area (Å²) in [7, 11) is 1.52. The molecule has 0 unspecified atom stereocenters. The lowest BCUT2D eigenvalue weighted by atomic mass is 10.1. The van der Waals surface area contributed by atoms with Gasteiger partial charge < -0.3 is 15.8 Å². The number of amides is 1. The van der Waals surface area contributed by atoms with E-state index in [4.69, 9.17) is 10.5 Å². The van der Waals surface area contributed by atoms with Crippen LogP contribution in [0.15, 0.2) is 41.8 Å². The van der Waals surface area contributed by atoms with Crippen molar-refractivity contribution in [3.63, 3.8) is 0 Å². The summed E-state index contributed by atoms with van der Waals surface area (Å²) in [5, 5.41) is 6.97. The Morgan fingerprint density at radius 2 is 2.31 bits per heavy atom. The van der Waals surface area contributed by atoms with Gasteiger partial charge in [0.1, 0.15) is 11.3 Å². The first-order chi connectivity index (χ1) is 12.6. The second kappa shape index (κ2) is 7.64. The van der Waals surface area contributed by atoms with Crippen molar-refractivity contribution in [1.82, 2.24) is 14.6 Å². The first-order valence-electron chi connectivity index (χ1n) is 8.21. The standard InChI is InChI=1S/C18H20N6O2/c1-3-5-20-10-12-8-15(16(26-2)9-14(12)19)23-18(25)13-11-22-24-7-4-6-21-17(13)24/h4,6-11H,3,5,19H2,1-2H3,(H,23,25). The van der Waals surface area contributed by atoms with Gasteiger partial charge in [0, 0.05) is 42.5 Å². The minimum Gasteiger partial charge on any atom is -0.494 e. The molecule has 0 spiro atoms. The molecule has 0 saturated carbocycles. The van der Waals surface area contributed by atoms with Crippen LogP contribution in [0, 0.1) is 0 Å². The Labute approximate surface area is 150 Å². The third-order valence-corrected chi connectivity index (χ3v) is 3.76. The van der Waals surface area contributed by atoms with Crippen LogP contribution in [-0.2, 0) is 0 Å². The summed E-state index contributed by atoms with van der Waals surface area (Å²) < 4.78 is 6.88. The van der Waals surface area contributed by atoms with Crippen LogP contribution < -0.4 is 15.8 Å². The fourth-order valence-electron chi connectivity index (χ4n) is 2.46. The highest BCUT2D eigenvalue weighted by atomic mass is 16.5. The molecule has 2 aromatic heterocycles. The van der Waals surface area contributed by atoms with Gasteiger partial charge in [-0.25, -0.2) is 9.50 Å². The van der Waals surface area contributed by atoms with Crippen molar-refractivity contribution in [3.8, 4) is 5.75 Å².